The van der Waals surface area contributed by atoms with E-state index in [1.54, 1.807) is 17.0 Å². The highest BCUT2D eigenvalue weighted by Gasteiger charge is 2.48. The summed E-state index contributed by atoms with van der Waals surface area (Å²) in [7, 11) is 0. The van der Waals surface area contributed by atoms with E-state index in [4.69, 9.17) is 4.74 Å². The van der Waals surface area contributed by atoms with Gasteiger partial charge in [0.05, 0.1) is 11.3 Å². The third-order valence-corrected chi connectivity index (χ3v) is 6.08. The third-order valence-electron chi connectivity index (χ3n) is 6.08. The Morgan fingerprint density at radius 1 is 1.19 bits per heavy atom. The number of halogens is 2. The number of para-hydroxylation sites is 2. The van der Waals surface area contributed by atoms with Gasteiger partial charge in [0.15, 0.2) is 0 Å². The molecule has 0 aliphatic carbocycles. The van der Waals surface area contributed by atoms with Gasteiger partial charge in [0.25, 0.3) is 5.91 Å². The Labute approximate surface area is 179 Å². The Morgan fingerprint density at radius 3 is 2.58 bits per heavy atom. The van der Waals surface area contributed by atoms with Crippen LogP contribution in [-0.2, 0) is 0 Å². The average molecular weight is 427 g/mol. The molecular weight excluding hydrogens is 404 g/mol. The van der Waals surface area contributed by atoms with Gasteiger partial charge in [-0.3, -0.25) is 4.79 Å². The number of carbonyl (C=O) groups is 1. The maximum Gasteiger partial charge on any atom is 0.387 e. The molecule has 0 N–H and O–H groups in total. The Balaban J connectivity index is 1.56. The highest BCUT2D eigenvalue weighted by atomic mass is 19.3. The molecule has 1 spiro atoms. The molecule has 1 fully saturated rings. The minimum Gasteiger partial charge on any atom is -0.486 e. The molecule has 2 aliphatic rings. The second-order valence-electron chi connectivity index (χ2n) is 7.68. The van der Waals surface area contributed by atoms with Gasteiger partial charge in [0.1, 0.15) is 17.1 Å². The standard InChI is InChI=1S/C23H23F2N3O3/c1-15-20(27-26-2)16-7-3-6-10-19(16)31-23(15)11-13-28(14-12-23)21(29)17-8-4-5-9-18(17)30-22(24)25/h3-10,15,22H,2,11-14H2,1H3/b27-20-. The van der Waals surface area contributed by atoms with E-state index in [-0.39, 0.29) is 23.1 Å². The summed E-state index contributed by atoms with van der Waals surface area (Å²) in [6.45, 7) is 3.39. The van der Waals surface area contributed by atoms with Crippen LogP contribution >= 0.6 is 0 Å². The number of ether oxygens (including phenoxy) is 2. The Hall–Kier alpha value is -3.29. The molecule has 2 heterocycles. The molecule has 6 nitrogen and oxygen atoms in total. The van der Waals surface area contributed by atoms with E-state index in [0.29, 0.717) is 25.9 Å². The van der Waals surface area contributed by atoms with Crippen molar-refractivity contribution in [2.45, 2.75) is 32.0 Å². The number of hydrogen-bond acceptors (Lipinski definition) is 5. The molecule has 8 heteroatoms. The zero-order valence-corrected chi connectivity index (χ0v) is 17.1. The molecule has 31 heavy (non-hydrogen) atoms. The fraction of sp³-hybridized carbons (Fsp3) is 0.348. The molecule has 0 aromatic heterocycles. The molecule has 1 unspecified atom stereocenters. The van der Waals surface area contributed by atoms with Crippen LogP contribution in [-0.4, -0.2) is 48.5 Å². The summed E-state index contributed by atoms with van der Waals surface area (Å²) in [4.78, 5) is 14.7. The van der Waals surface area contributed by atoms with Gasteiger partial charge in [0, 0.05) is 44.1 Å². The molecule has 1 atom stereocenters. The van der Waals surface area contributed by atoms with Gasteiger partial charge >= 0.3 is 6.61 Å². The highest BCUT2D eigenvalue weighted by molar-refractivity contribution is 6.06. The molecule has 4 rings (SSSR count). The first-order valence-corrected chi connectivity index (χ1v) is 10.1. The number of amides is 1. The van der Waals surface area contributed by atoms with Crippen LogP contribution in [0, 0.1) is 5.92 Å². The topological polar surface area (TPSA) is 63.5 Å². The fourth-order valence-electron chi connectivity index (χ4n) is 4.41. The quantitative estimate of drug-likeness (QED) is 0.537. The number of nitrogens with zero attached hydrogens (tertiary/aromatic N) is 3. The van der Waals surface area contributed by atoms with Crippen LogP contribution in [0.3, 0.4) is 0 Å². The summed E-state index contributed by atoms with van der Waals surface area (Å²) >= 11 is 0. The number of hydrogen-bond donors (Lipinski definition) is 0. The minimum atomic E-state index is -2.99. The smallest absolute Gasteiger partial charge is 0.387 e. The Morgan fingerprint density at radius 2 is 1.87 bits per heavy atom. The third kappa shape index (κ3) is 3.89. The Kier molecular flexibility index (Phi) is 5.71. The SMILES string of the molecule is C=N/N=C1\c2ccccc2OC2(CCN(C(=O)c3ccccc3OC(F)F)CC2)C1C. The van der Waals surface area contributed by atoms with Gasteiger partial charge < -0.3 is 14.4 Å². The van der Waals surface area contributed by atoms with E-state index in [1.165, 1.54) is 12.1 Å². The number of rotatable bonds is 4. The van der Waals surface area contributed by atoms with Crippen molar-refractivity contribution in [1.82, 2.24) is 4.90 Å². The van der Waals surface area contributed by atoms with Crippen LogP contribution in [0.1, 0.15) is 35.7 Å². The molecule has 2 aromatic rings. The summed E-state index contributed by atoms with van der Waals surface area (Å²) < 4.78 is 36.4. The van der Waals surface area contributed by atoms with Gasteiger partial charge in [-0.25, -0.2) is 0 Å². The lowest BCUT2D eigenvalue weighted by molar-refractivity contribution is -0.0504. The van der Waals surface area contributed by atoms with E-state index >= 15 is 0 Å². The van der Waals surface area contributed by atoms with Crippen LogP contribution < -0.4 is 9.47 Å². The lowest BCUT2D eigenvalue weighted by Crippen LogP contribution is -2.56. The van der Waals surface area contributed by atoms with Crippen molar-refractivity contribution in [3.63, 3.8) is 0 Å². The molecule has 1 amide bonds. The first-order chi connectivity index (χ1) is 14.9. The van der Waals surface area contributed by atoms with Crippen molar-refractivity contribution in [1.29, 1.82) is 0 Å². The van der Waals surface area contributed by atoms with Crippen LogP contribution in [0.5, 0.6) is 11.5 Å². The van der Waals surface area contributed by atoms with Crippen molar-refractivity contribution in [3.05, 3.63) is 59.7 Å². The number of likely N-dealkylation sites (tertiary alicyclic amines) is 1. The normalized spacial score (nSPS) is 21.0. The number of alkyl halides is 2. The lowest BCUT2D eigenvalue weighted by Gasteiger charge is -2.48. The monoisotopic (exact) mass is 427 g/mol. The van der Waals surface area contributed by atoms with Crippen molar-refractivity contribution in [2.24, 2.45) is 16.1 Å². The predicted molar refractivity (Wildman–Crippen MR) is 113 cm³/mol. The first-order valence-electron chi connectivity index (χ1n) is 10.1. The second-order valence-corrected chi connectivity index (χ2v) is 7.68. The minimum absolute atomic E-state index is 0.0559. The summed E-state index contributed by atoms with van der Waals surface area (Å²) in [5.41, 5.74) is 1.30. The van der Waals surface area contributed by atoms with Gasteiger partial charge in [-0.1, -0.05) is 31.2 Å². The van der Waals surface area contributed by atoms with Crippen LogP contribution in [0.2, 0.25) is 0 Å². The number of piperidine rings is 1. The van der Waals surface area contributed by atoms with Crippen molar-refractivity contribution in [3.8, 4) is 11.5 Å². The van der Waals surface area contributed by atoms with Crippen molar-refractivity contribution < 1.29 is 23.0 Å². The summed E-state index contributed by atoms with van der Waals surface area (Å²) in [6.07, 6.45) is 1.14. The second kappa shape index (κ2) is 8.45. The number of benzene rings is 2. The number of carbonyl (C=O) groups excluding carboxylic acids is 1. The van der Waals surface area contributed by atoms with E-state index in [1.807, 2.05) is 31.2 Å². The average Bonchev–Trinajstić information content (AvgIpc) is 2.77. The van der Waals surface area contributed by atoms with Crippen LogP contribution in [0.4, 0.5) is 8.78 Å². The zero-order chi connectivity index (χ0) is 22.0. The highest BCUT2D eigenvalue weighted by Crippen LogP contribution is 2.43. The fourth-order valence-corrected chi connectivity index (χ4v) is 4.41. The molecule has 2 aliphatic heterocycles. The molecular formula is C23H23F2N3O3. The molecule has 2 aromatic carbocycles. The largest absolute Gasteiger partial charge is 0.486 e. The van der Waals surface area contributed by atoms with Gasteiger partial charge in [-0.15, -0.1) is 0 Å². The van der Waals surface area contributed by atoms with Crippen molar-refractivity contribution >= 4 is 18.3 Å². The molecule has 0 radical (unpaired) electrons. The lowest BCUT2D eigenvalue weighted by atomic mass is 9.74. The molecule has 0 saturated carbocycles. The maximum absolute atomic E-state index is 13.0. The summed E-state index contributed by atoms with van der Waals surface area (Å²) in [5, 5.41) is 8.02. The van der Waals surface area contributed by atoms with Crippen LogP contribution in [0.15, 0.2) is 58.7 Å². The number of fused-ring (bicyclic) bond motifs is 1. The van der Waals surface area contributed by atoms with Gasteiger partial charge in [-0.2, -0.15) is 19.0 Å². The Bertz CT molecular complexity index is 1020. The first kappa shape index (κ1) is 21.0. The van der Waals surface area contributed by atoms with Gasteiger partial charge in [0.2, 0.25) is 0 Å². The molecule has 162 valence electrons. The summed E-state index contributed by atoms with van der Waals surface area (Å²) in [6, 6.07) is 13.7. The van der Waals surface area contributed by atoms with Crippen LogP contribution in [0.25, 0.3) is 0 Å². The van der Waals surface area contributed by atoms with E-state index in [0.717, 1.165) is 17.0 Å². The van der Waals surface area contributed by atoms with Crippen molar-refractivity contribution in [2.75, 3.05) is 13.1 Å². The zero-order valence-electron chi connectivity index (χ0n) is 17.1. The molecule has 1 saturated heterocycles. The van der Waals surface area contributed by atoms with Gasteiger partial charge in [-0.05, 0) is 24.3 Å². The van der Waals surface area contributed by atoms with E-state index in [2.05, 4.69) is 21.7 Å². The van der Waals surface area contributed by atoms with E-state index < -0.39 is 12.2 Å². The maximum atomic E-state index is 13.0. The van der Waals surface area contributed by atoms with E-state index in [9.17, 15) is 13.6 Å². The summed E-state index contributed by atoms with van der Waals surface area (Å²) in [5.74, 6) is 0.222. The predicted octanol–water partition coefficient (Wildman–Crippen LogP) is 4.40. The molecule has 0 bridgehead atoms.